The molecule has 0 bridgehead atoms. The van der Waals surface area contributed by atoms with Crippen molar-refractivity contribution in [2.45, 2.75) is 31.2 Å². The van der Waals surface area contributed by atoms with Gasteiger partial charge in [-0.25, -0.2) is 4.79 Å². The highest BCUT2D eigenvalue weighted by molar-refractivity contribution is 5.72. The lowest BCUT2D eigenvalue weighted by atomic mass is 9.74. The fourth-order valence-corrected chi connectivity index (χ4v) is 1.52. The van der Waals surface area contributed by atoms with Crippen molar-refractivity contribution in [2.24, 2.45) is 5.73 Å². The third-order valence-corrected chi connectivity index (χ3v) is 2.29. The first-order valence-corrected chi connectivity index (χ1v) is 3.87. The van der Waals surface area contributed by atoms with E-state index in [0.29, 0.717) is 6.42 Å². The number of hydrogen-bond acceptors (Lipinski definition) is 2. The van der Waals surface area contributed by atoms with E-state index >= 15 is 0 Å². The van der Waals surface area contributed by atoms with E-state index in [0.717, 1.165) is 19.3 Å². The zero-order chi connectivity index (χ0) is 8.32. The minimum Gasteiger partial charge on any atom is -0.396 e. The average molecular weight is 158 g/mol. The van der Waals surface area contributed by atoms with Gasteiger partial charge in [0.05, 0.1) is 0 Å². The van der Waals surface area contributed by atoms with Crippen molar-refractivity contribution in [1.29, 1.82) is 0 Å². The number of nitrogens with one attached hydrogen (secondary N) is 1. The van der Waals surface area contributed by atoms with Crippen molar-refractivity contribution < 1.29 is 9.90 Å². The molecule has 1 fully saturated rings. The van der Waals surface area contributed by atoms with Gasteiger partial charge in [-0.3, -0.25) is 0 Å². The fraction of sp³-hybridized carbons (Fsp3) is 0.857. The Balaban J connectivity index is 2.39. The van der Waals surface area contributed by atoms with Crippen LogP contribution in [0, 0.1) is 0 Å². The largest absolute Gasteiger partial charge is 0.396 e. The number of hydrogen-bond donors (Lipinski definition) is 3. The van der Waals surface area contributed by atoms with Gasteiger partial charge in [-0.2, -0.15) is 0 Å². The quantitative estimate of drug-likeness (QED) is 0.539. The molecule has 11 heavy (non-hydrogen) atoms. The van der Waals surface area contributed by atoms with E-state index in [4.69, 9.17) is 10.8 Å². The fourth-order valence-electron chi connectivity index (χ4n) is 1.52. The Morgan fingerprint density at radius 1 is 1.64 bits per heavy atom. The van der Waals surface area contributed by atoms with Crippen LogP contribution in [-0.4, -0.2) is 23.3 Å². The summed E-state index contributed by atoms with van der Waals surface area (Å²) in [4.78, 5) is 10.5. The maximum atomic E-state index is 10.5. The van der Waals surface area contributed by atoms with Crippen LogP contribution in [-0.2, 0) is 0 Å². The van der Waals surface area contributed by atoms with E-state index in [2.05, 4.69) is 5.32 Å². The summed E-state index contributed by atoms with van der Waals surface area (Å²) in [5, 5.41) is 11.4. The number of rotatable bonds is 3. The van der Waals surface area contributed by atoms with Gasteiger partial charge in [0.1, 0.15) is 0 Å². The van der Waals surface area contributed by atoms with E-state index in [-0.39, 0.29) is 12.1 Å². The molecular formula is C7H14N2O2. The van der Waals surface area contributed by atoms with Gasteiger partial charge in [0.2, 0.25) is 0 Å². The lowest BCUT2D eigenvalue weighted by molar-refractivity contribution is 0.138. The highest BCUT2D eigenvalue weighted by atomic mass is 16.3. The van der Waals surface area contributed by atoms with Crippen LogP contribution in [0.2, 0.25) is 0 Å². The van der Waals surface area contributed by atoms with Gasteiger partial charge in [-0.1, -0.05) is 0 Å². The SMILES string of the molecule is NC(=O)NC1(CCO)CCC1. The maximum absolute atomic E-state index is 10.5. The summed E-state index contributed by atoms with van der Waals surface area (Å²) >= 11 is 0. The number of aliphatic hydroxyl groups is 1. The first-order chi connectivity index (χ1) is 5.18. The number of amides is 2. The second-order valence-corrected chi connectivity index (χ2v) is 3.10. The molecule has 0 aromatic carbocycles. The molecule has 1 rings (SSSR count). The number of carbonyl (C=O) groups excluding carboxylic acids is 1. The zero-order valence-electron chi connectivity index (χ0n) is 6.47. The monoisotopic (exact) mass is 158 g/mol. The standard InChI is InChI=1S/C7H14N2O2/c8-6(11)9-7(4-5-10)2-1-3-7/h10H,1-5H2,(H3,8,9,11). The Morgan fingerprint density at radius 2 is 2.27 bits per heavy atom. The van der Waals surface area contributed by atoms with E-state index in [1.54, 1.807) is 0 Å². The van der Waals surface area contributed by atoms with Gasteiger partial charge in [0.25, 0.3) is 0 Å². The molecule has 0 spiro atoms. The molecule has 0 saturated heterocycles. The Hall–Kier alpha value is -0.770. The van der Waals surface area contributed by atoms with Crippen molar-refractivity contribution in [1.82, 2.24) is 5.32 Å². The van der Waals surface area contributed by atoms with Crippen LogP contribution in [0.25, 0.3) is 0 Å². The molecule has 1 aliphatic rings. The average Bonchev–Trinajstić information content (AvgIpc) is 1.82. The molecule has 4 nitrogen and oxygen atoms in total. The van der Waals surface area contributed by atoms with Gasteiger partial charge in [-0.05, 0) is 25.7 Å². The van der Waals surface area contributed by atoms with Crippen molar-refractivity contribution >= 4 is 6.03 Å². The van der Waals surface area contributed by atoms with Crippen LogP contribution in [0.3, 0.4) is 0 Å². The minimum absolute atomic E-state index is 0.111. The third-order valence-electron chi connectivity index (χ3n) is 2.29. The normalized spacial score (nSPS) is 20.5. The van der Waals surface area contributed by atoms with Gasteiger partial charge in [-0.15, -0.1) is 0 Å². The number of primary amides is 1. The highest BCUT2D eigenvalue weighted by Gasteiger charge is 2.36. The Kier molecular flexibility index (Phi) is 2.34. The van der Waals surface area contributed by atoms with Gasteiger partial charge in [0.15, 0.2) is 0 Å². The molecule has 0 unspecified atom stereocenters. The lowest BCUT2D eigenvalue weighted by Crippen LogP contribution is -2.55. The summed E-state index contributed by atoms with van der Waals surface area (Å²) in [5.74, 6) is 0. The predicted molar refractivity (Wildman–Crippen MR) is 41.0 cm³/mol. The molecule has 0 atom stereocenters. The van der Waals surface area contributed by atoms with Crippen LogP contribution in [0.1, 0.15) is 25.7 Å². The number of nitrogens with two attached hydrogens (primary N) is 1. The first kappa shape index (κ1) is 8.33. The molecule has 0 aliphatic heterocycles. The molecule has 0 radical (unpaired) electrons. The summed E-state index contributed by atoms with van der Waals surface area (Å²) < 4.78 is 0. The van der Waals surface area contributed by atoms with Gasteiger partial charge < -0.3 is 16.2 Å². The Labute approximate surface area is 65.8 Å². The molecule has 0 aromatic heterocycles. The van der Waals surface area contributed by atoms with Crippen LogP contribution in [0.5, 0.6) is 0 Å². The Morgan fingerprint density at radius 3 is 2.55 bits per heavy atom. The molecule has 64 valence electrons. The summed E-state index contributed by atoms with van der Waals surface area (Å²) in [5.41, 5.74) is 4.81. The maximum Gasteiger partial charge on any atom is 0.312 e. The molecule has 0 heterocycles. The van der Waals surface area contributed by atoms with Crippen molar-refractivity contribution in [3.63, 3.8) is 0 Å². The number of aliphatic hydroxyl groups excluding tert-OH is 1. The summed E-state index contributed by atoms with van der Waals surface area (Å²) in [7, 11) is 0. The van der Waals surface area contributed by atoms with E-state index in [9.17, 15) is 4.79 Å². The molecule has 2 amide bonds. The summed E-state index contributed by atoms with van der Waals surface area (Å²) in [6.07, 6.45) is 3.61. The summed E-state index contributed by atoms with van der Waals surface area (Å²) in [6, 6.07) is -0.488. The van der Waals surface area contributed by atoms with Crippen molar-refractivity contribution in [2.75, 3.05) is 6.61 Å². The summed E-state index contributed by atoms with van der Waals surface area (Å²) in [6.45, 7) is 0.111. The zero-order valence-corrected chi connectivity index (χ0v) is 6.47. The van der Waals surface area contributed by atoms with E-state index in [1.165, 1.54) is 0 Å². The third kappa shape index (κ3) is 1.83. The molecule has 0 aromatic rings. The van der Waals surface area contributed by atoms with Crippen molar-refractivity contribution in [3.05, 3.63) is 0 Å². The van der Waals surface area contributed by atoms with Crippen LogP contribution in [0.15, 0.2) is 0 Å². The van der Waals surface area contributed by atoms with Crippen LogP contribution >= 0.6 is 0 Å². The molecule has 4 N–H and O–H groups in total. The smallest absolute Gasteiger partial charge is 0.312 e. The molecule has 4 heteroatoms. The van der Waals surface area contributed by atoms with Gasteiger partial charge in [0, 0.05) is 12.1 Å². The van der Waals surface area contributed by atoms with Crippen molar-refractivity contribution in [3.8, 4) is 0 Å². The van der Waals surface area contributed by atoms with Crippen LogP contribution in [0.4, 0.5) is 4.79 Å². The molecule has 1 saturated carbocycles. The topological polar surface area (TPSA) is 75.4 Å². The molecule has 1 aliphatic carbocycles. The van der Waals surface area contributed by atoms with E-state index in [1.807, 2.05) is 0 Å². The second-order valence-electron chi connectivity index (χ2n) is 3.10. The number of carbonyl (C=O) groups is 1. The predicted octanol–water partition coefficient (Wildman–Crippen LogP) is -0.0402. The lowest BCUT2D eigenvalue weighted by Gasteiger charge is -2.41. The Bertz CT molecular complexity index is 155. The molecular weight excluding hydrogens is 144 g/mol. The van der Waals surface area contributed by atoms with Crippen LogP contribution < -0.4 is 11.1 Å². The van der Waals surface area contributed by atoms with E-state index < -0.39 is 6.03 Å². The first-order valence-electron chi connectivity index (χ1n) is 3.87. The number of urea groups is 1. The minimum atomic E-state index is -0.488. The van der Waals surface area contributed by atoms with Gasteiger partial charge >= 0.3 is 6.03 Å². The highest BCUT2D eigenvalue weighted by Crippen LogP contribution is 2.34. The second kappa shape index (κ2) is 3.09.